The predicted molar refractivity (Wildman–Crippen MR) is 62.4 cm³/mol. The summed E-state index contributed by atoms with van der Waals surface area (Å²) < 4.78 is 15.5. The number of hydrogen-bond acceptors (Lipinski definition) is 4. The molecule has 5 heteroatoms. The second-order valence-corrected chi connectivity index (χ2v) is 4.35. The number of esters is 1. The van der Waals surface area contributed by atoms with Crippen LogP contribution in [0.5, 0.6) is 0 Å². The zero-order chi connectivity index (χ0) is 12.4. The molecule has 1 aliphatic heterocycles. The van der Waals surface area contributed by atoms with Gasteiger partial charge in [0.2, 0.25) is 6.29 Å². The highest BCUT2D eigenvalue weighted by molar-refractivity contribution is 6.19. The largest absolute Gasteiger partial charge is 0.471 e. The van der Waals surface area contributed by atoms with Crippen molar-refractivity contribution in [2.45, 2.75) is 12.7 Å². The number of rotatable bonds is 3. The summed E-state index contributed by atoms with van der Waals surface area (Å²) in [5, 5.41) is 0. The second-order valence-electron chi connectivity index (χ2n) is 4.09. The Kier molecular flexibility index (Phi) is 3.74. The van der Waals surface area contributed by atoms with Crippen molar-refractivity contribution >= 4 is 17.6 Å². The third-order valence-corrected chi connectivity index (χ3v) is 3.63. The molecule has 0 N–H and O–H groups in total. The lowest BCUT2D eigenvalue weighted by molar-refractivity contribution is -0.146. The molecule has 17 heavy (non-hydrogen) atoms. The predicted octanol–water partition coefficient (Wildman–Crippen LogP) is 1.85. The lowest BCUT2D eigenvalue weighted by atomic mass is 9.84. The highest BCUT2D eigenvalue weighted by atomic mass is 35.5. The van der Waals surface area contributed by atoms with Gasteiger partial charge in [0.25, 0.3) is 0 Å². The number of hydrogen-bond donors (Lipinski definition) is 0. The maximum atomic E-state index is 11.6. The molecule has 0 aromatic heterocycles. The van der Waals surface area contributed by atoms with Gasteiger partial charge in [-0.05, 0) is 12.0 Å². The van der Waals surface area contributed by atoms with Gasteiger partial charge in [0.15, 0.2) is 0 Å². The van der Waals surface area contributed by atoms with Crippen LogP contribution in [0.15, 0.2) is 23.5 Å². The maximum Gasteiger partial charge on any atom is 0.337 e. The van der Waals surface area contributed by atoms with Crippen LogP contribution in [0.3, 0.4) is 0 Å². The van der Waals surface area contributed by atoms with Gasteiger partial charge in [0, 0.05) is 18.9 Å². The number of halogens is 1. The molecule has 0 aromatic carbocycles. The van der Waals surface area contributed by atoms with E-state index in [0.717, 1.165) is 12.0 Å². The van der Waals surface area contributed by atoms with Crippen molar-refractivity contribution < 1.29 is 19.0 Å². The van der Waals surface area contributed by atoms with Crippen LogP contribution in [0.4, 0.5) is 0 Å². The van der Waals surface area contributed by atoms with Gasteiger partial charge in [-0.25, -0.2) is 4.79 Å². The van der Waals surface area contributed by atoms with Gasteiger partial charge in [0.1, 0.15) is 0 Å². The summed E-state index contributed by atoms with van der Waals surface area (Å²) in [6.07, 6.45) is 3.91. The quantitative estimate of drug-likeness (QED) is 0.440. The molecule has 2 rings (SSSR count). The van der Waals surface area contributed by atoms with Gasteiger partial charge in [-0.3, -0.25) is 0 Å². The van der Waals surface area contributed by atoms with Crippen LogP contribution in [0, 0.1) is 11.8 Å². The molecule has 0 unspecified atom stereocenters. The summed E-state index contributed by atoms with van der Waals surface area (Å²) in [7, 11) is 2.95. The first-order valence-electron chi connectivity index (χ1n) is 5.44. The van der Waals surface area contributed by atoms with Crippen molar-refractivity contribution in [2.75, 3.05) is 20.1 Å². The Labute approximate surface area is 105 Å². The number of methoxy groups -OCH3 is 2. The van der Waals surface area contributed by atoms with E-state index in [2.05, 4.69) is 6.08 Å². The summed E-state index contributed by atoms with van der Waals surface area (Å²) >= 11 is 5.90. The Bertz CT molecular complexity index is 375. The van der Waals surface area contributed by atoms with E-state index in [1.807, 2.05) is 0 Å². The van der Waals surface area contributed by atoms with E-state index in [0.29, 0.717) is 11.5 Å². The first-order chi connectivity index (χ1) is 8.22. The van der Waals surface area contributed by atoms with Crippen LogP contribution in [-0.4, -0.2) is 32.4 Å². The Balaban J connectivity index is 2.27. The SMILES string of the molecule is COC(=O)C1=CO[C@@H](OC)[C@@H]2C(CCl)=CC[C@H]12. The topological polar surface area (TPSA) is 44.8 Å². The average molecular weight is 259 g/mol. The molecule has 4 nitrogen and oxygen atoms in total. The zero-order valence-electron chi connectivity index (χ0n) is 9.81. The molecule has 1 aliphatic carbocycles. The van der Waals surface area contributed by atoms with Crippen LogP contribution in [0.2, 0.25) is 0 Å². The normalized spacial score (nSPS) is 31.1. The third kappa shape index (κ3) is 2.07. The highest BCUT2D eigenvalue weighted by Gasteiger charge is 2.43. The van der Waals surface area contributed by atoms with Crippen LogP contribution < -0.4 is 0 Å². The Morgan fingerprint density at radius 3 is 2.94 bits per heavy atom. The second kappa shape index (κ2) is 5.10. The number of ether oxygens (including phenoxy) is 3. The molecular weight excluding hydrogens is 244 g/mol. The van der Waals surface area contributed by atoms with Crippen molar-refractivity contribution in [3.63, 3.8) is 0 Å². The molecule has 1 heterocycles. The van der Waals surface area contributed by atoms with Crippen molar-refractivity contribution in [1.29, 1.82) is 0 Å². The molecule has 0 amide bonds. The number of carbonyl (C=O) groups excluding carboxylic acids is 1. The van der Waals surface area contributed by atoms with Gasteiger partial charge in [-0.15, -0.1) is 11.6 Å². The Hall–Kier alpha value is -1.00. The molecule has 94 valence electrons. The summed E-state index contributed by atoms with van der Waals surface area (Å²) in [5.41, 5.74) is 1.63. The molecule has 2 aliphatic rings. The molecule has 0 saturated heterocycles. The van der Waals surface area contributed by atoms with Gasteiger partial charge in [-0.2, -0.15) is 0 Å². The van der Waals surface area contributed by atoms with Crippen molar-refractivity contribution in [2.24, 2.45) is 11.8 Å². The first kappa shape index (κ1) is 12.5. The van der Waals surface area contributed by atoms with E-state index in [1.54, 1.807) is 7.11 Å². The Morgan fingerprint density at radius 1 is 1.59 bits per heavy atom. The fraction of sp³-hybridized carbons (Fsp3) is 0.583. The molecule has 0 aromatic rings. The van der Waals surface area contributed by atoms with E-state index < -0.39 is 0 Å². The van der Waals surface area contributed by atoms with E-state index in [-0.39, 0.29) is 24.1 Å². The fourth-order valence-electron chi connectivity index (χ4n) is 2.48. The first-order valence-corrected chi connectivity index (χ1v) is 5.98. The van der Waals surface area contributed by atoms with E-state index in [9.17, 15) is 4.79 Å². The van der Waals surface area contributed by atoms with Gasteiger partial charge < -0.3 is 14.2 Å². The standard InChI is InChI=1S/C12H15ClO4/c1-15-11(14)9-6-17-12(16-2)10-7(5-13)3-4-8(9)10/h3,6,8,10,12H,4-5H2,1-2H3/t8-,10-,12-/m1/s1. The van der Waals surface area contributed by atoms with E-state index in [4.69, 9.17) is 25.8 Å². The van der Waals surface area contributed by atoms with Gasteiger partial charge in [-0.1, -0.05) is 6.08 Å². The van der Waals surface area contributed by atoms with Crippen molar-refractivity contribution in [3.8, 4) is 0 Å². The van der Waals surface area contributed by atoms with Crippen LogP contribution in [-0.2, 0) is 19.0 Å². The van der Waals surface area contributed by atoms with Gasteiger partial charge in [0.05, 0.1) is 24.9 Å². The molecule has 0 bridgehead atoms. The van der Waals surface area contributed by atoms with E-state index >= 15 is 0 Å². The minimum absolute atomic E-state index is 0.0107. The third-order valence-electron chi connectivity index (χ3n) is 3.33. The number of carbonyl (C=O) groups is 1. The number of alkyl halides is 1. The molecule has 0 saturated carbocycles. The lowest BCUT2D eigenvalue weighted by Crippen LogP contribution is -2.36. The van der Waals surface area contributed by atoms with Crippen molar-refractivity contribution in [3.05, 3.63) is 23.5 Å². The van der Waals surface area contributed by atoms with E-state index in [1.165, 1.54) is 13.4 Å². The molecular formula is C12H15ClO4. The summed E-state index contributed by atoms with van der Waals surface area (Å²) in [5.74, 6) is 0.143. The zero-order valence-corrected chi connectivity index (χ0v) is 10.6. The average Bonchev–Trinajstić information content (AvgIpc) is 2.80. The lowest BCUT2D eigenvalue weighted by Gasteiger charge is -2.33. The Morgan fingerprint density at radius 2 is 2.35 bits per heavy atom. The van der Waals surface area contributed by atoms with Crippen LogP contribution in [0.1, 0.15) is 6.42 Å². The van der Waals surface area contributed by atoms with Gasteiger partial charge >= 0.3 is 5.97 Å². The number of fused-ring (bicyclic) bond motifs is 1. The number of allylic oxidation sites excluding steroid dienone is 1. The minimum Gasteiger partial charge on any atom is -0.471 e. The van der Waals surface area contributed by atoms with Crippen LogP contribution in [0.25, 0.3) is 0 Å². The highest BCUT2D eigenvalue weighted by Crippen LogP contribution is 2.43. The summed E-state index contributed by atoms with van der Waals surface area (Å²) in [6.45, 7) is 0. The van der Waals surface area contributed by atoms with Crippen molar-refractivity contribution in [1.82, 2.24) is 0 Å². The summed E-state index contributed by atoms with van der Waals surface area (Å²) in [4.78, 5) is 11.6. The smallest absolute Gasteiger partial charge is 0.337 e. The molecule has 3 atom stereocenters. The van der Waals surface area contributed by atoms with Crippen LogP contribution >= 0.6 is 11.6 Å². The monoisotopic (exact) mass is 258 g/mol. The minimum atomic E-state index is -0.374. The molecule has 0 spiro atoms. The molecule has 0 radical (unpaired) electrons. The summed E-state index contributed by atoms with van der Waals surface area (Å²) in [6, 6.07) is 0. The maximum absolute atomic E-state index is 11.6. The molecule has 0 fully saturated rings. The fourth-order valence-corrected chi connectivity index (χ4v) is 2.77.